The summed E-state index contributed by atoms with van der Waals surface area (Å²) in [6, 6.07) is 6.03. The summed E-state index contributed by atoms with van der Waals surface area (Å²) in [4.78, 5) is 36.3. The number of benzene rings is 1. The van der Waals surface area contributed by atoms with Gasteiger partial charge in [0.15, 0.2) is 0 Å². The molecule has 2 N–H and O–H groups in total. The largest absolute Gasteiger partial charge is 0.480 e. The average molecular weight is 355 g/mol. The summed E-state index contributed by atoms with van der Waals surface area (Å²) < 4.78 is 0.770. The van der Waals surface area contributed by atoms with E-state index in [0.717, 1.165) is 4.47 Å². The molecule has 1 heterocycles. The lowest BCUT2D eigenvalue weighted by molar-refractivity contribution is -0.147. The number of hydrogen-bond acceptors (Lipinski definition) is 3. The number of carbonyl (C=O) groups excluding carboxylic acids is 2. The van der Waals surface area contributed by atoms with Gasteiger partial charge in [-0.3, -0.25) is 9.59 Å². The van der Waals surface area contributed by atoms with Gasteiger partial charge in [-0.25, -0.2) is 4.79 Å². The summed E-state index contributed by atoms with van der Waals surface area (Å²) in [5.74, 6) is -1.74. The molecule has 2 rings (SSSR count). The van der Waals surface area contributed by atoms with E-state index in [-0.39, 0.29) is 18.4 Å². The van der Waals surface area contributed by atoms with Crippen LogP contribution in [0.4, 0.5) is 0 Å². The molecule has 21 heavy (non-hydrogen) atoms. The first-order valence-electron chi connectivity index (χ1n) is 6.55. The van der Waals surface area contributed by atoms with Gasteiger partial charge in [-0.05, 0) is 31.0 Å². The smallest absolute Gasteiger partial charge is 0.326 e. The minimum atomic E-state index is -1.00. The van der Waals surface area contributed by atoms with E-state index in [4.69, 9.17) is 5.11 Å². The Morgan fingerprint density at radius 3 is 2.81 bits per heavy atom. The van der Waals surface area contributed by atoms with Gasteiger partial charge in [0.05, 0.1) is 6.54 Å². The summed E-state index contributed by atoms with van der Waals surface area (Å²) in [6.45, 7) is 0.220. The lowest BCUT2D eigenvalue weighted by Gasteiger charge is -2.21. The van der Waals surface area contributed by atoms with Crippen LogP contribution >= 0.6 is 15.9 Å². The molecule has 0 radical (unpaired) electrons. The van der Waals surface area contributed by atoms with Crippen LogP contribution in [0.1, 0.15) is 23.2 Å². The van der Waals surface area contributed by atoms with Crippen molar-refractivity contribution in [1.29, 1.82) is 0 Å². The zero-order valence-electron chi connectivity index (χ0n) is 11.2. The zero-order valence-corrected chi connectivity index (χ0v) is 12.8. The molecule has 6 nitrogen and oxygen atoms in total. The van der Waals surface area contributed by atoms with Gasteiger partial charge in [-0.1, -0.05) is 22.0 Å². The number of nitrogens with one attached hydrogen (secondary N) is 1. The van der Waals surface area contributed by atoms with Gasteiger partial charge >= 0.3 is 5.97 Å². The number of hydrogen-bond donors (Lipinski definition) is 2. The third-order valence-electron chi connectivity index (χ3n) is 3.35. The van der Waals surface area contributed by atoms with E-state index in [2.05, 4.69) is 21.2 Å². The highest BCUT2D eigenvalue weighted by Crippen LogP contribution is 2.17. The molecule has 1 aromatic carbocycles. The maximum Gasteiger partial charge on any atom is 0.326 e. The number of halogens is 1. The van der Waals surface area contributed by atoms with Crippen molar-refractivity contribution in [2.75, 3.05) is 13.1 Å². The van der Waals surface area contributed by atoms with E-state index in [1.165, 1.54) is 4.90 Å². The highest BCUT2D eigenvalue weighted by molar-refractivity contribution is 9.10. The third-order valence-corrected chi connectivity index (χ3v) is 3.84. The first kappa shape index (κ1) is 15.5. The van der Waals surface area contributed by atoms with Crippen molar-refractivity contribution in [3.05, 3.63) is 34.3 Å². The van der Waals surface area contributed by atoms with Crippen LogP contribution in [-0.2, 0) is 9.59 Å². The van der Waals surface area contributed by atoms with Crippen LogP contribution in [0.25, 0.3) is 0 Å². The molecule has 1 saturated heterocycles. The van der Waals surface area contributed by atoms with Crippen molar-refractivity contribution < 1.29 is 19.5 Å². The molecule has 2 amide bonds. The Morgan fingerprint density at radius 1 is 1.38 bits per heavy atom. The van der Waals surface area contributed by atoms with Crippen molar-refractivity contribution in [1.82, 2.24) is 10.2 Å². The van der Waals surface area contributed by atoms with Crippen molar-refractivity contribution in [3.8, 4) is 0 Å². The number of rotatable bonds is 4. The summed E-state index contributed by atoms with van der Waals surface area (Å²) >= 11 is 3.27. The molecule has 1 aliphatic heterocycles. The molecular weight excluding hydrogens is 340 g/mol. The monoisotopic (exact) mass is 354 g/mol. The first-order valence-corrected chi connectivity index (χ1v) is 7.34. The molecule has 0 saturated carbocycles. The quantitative estimate of drug-likeness (QED) is 0.851. The molecule has 0 spiro atoms. The number of carbonyl (C=O) groups is 3. The van der Waals surface area contributed by atoms with Gasteiger partial charge in [-0.15, -0.1) is 0 Å². The fraction of sp³-hybridized carbons (Fsp3) is 0.357. The average Bonchev–Trinajstić information content (AvgIpc) is 2.94. The summed E-state index contributed by atoms with van der Waals surface area (Å²) in [5.41, 5.74) is 0.438. The van der Waals surface area contributed by atoms with E-state index in [9.17, 15) is 14.4 Å². The first-order chi connectivity index (χ1) is 9.99. The molecule has 1 aromatic rings. The van der Waals surface area contributed by atoms with Crippen LogP contribution in [-0.4, -0.2) is 46.9 Å². The SMILES string of the molecule is O=C(NCC(=O)N1CCCC1C(=O)O)c1cccc(Br)c1. The van der Waals surface area contributed by atoms with Crippen LogP contribution in [0.2, 0.25) is 0 Å². The summed E-state index contributed by atoms with van der Waals surface area (Å²) in [7, 11) is 0. The molecule has 0 aromatic heterocycles. The molecule has 1 atom stereocenters. The maximum absolute atomic E-state index is 12.0. The normalized spacial score (nSPS) is 17.6. The highest BCUT2D eigenvalue weighted by atomic mass is 79.9. The molecule has 1 aliphatic rings. The van der Waals surface area contributed by atoms with Crippen LogP contribution in [0.15, 0.2) is 28.7 Å². The molecule has 112 valence electrons. The lowest BCUT2D eigenvalue weighted by Crippen LogP contribution is -2.45. The van der Waals surface area contributed by atoms with Gasteiger partial charge in [-0.2, -0.15) is 0 Å². The molecule has 1 unspecified atom stereocenters. The Balaban J connectivity index is 1.92. The van der Waals surface area contributed by atoms with E-state index < -0.39 is 12.0 Å². The van der Waals surface area contributed by atoms with E-state index in [1.54, 1.807) is 24.3 Å². The fourth-order valence-electron chi connectivity index (χ4n) is 2.31. The van der Waals surface area contributed by atoms with Gasteiger partial charge in [0.1, 0.15) is 6.04 Å². The zero-order chi connectivity index (χ0) is 15.4. The van der Waals surface area contributed by atoms with E-state index in [1.807, 2.05) is 0 Å². The highest BCUT2D eigenvalue weighted by Gasteiger charge is 2.33. The van der Waals surface area contributed by atoms with Crippen LogP contribution in [0, 0.1) is 0 Å². The lowest BCUT2D eigenvalue weighted by atomic mass is 10.2. The summed E-state index contributed by atoms with van der Waals surface area (Å²) in [5, 5.41) is 11.6. The Hall–Kier alpha value is -1.89. The second-order valence-electron chi connectivity index (χ2n) is 4.78. The van der Waals surface area contributed by atoms with E-state index >= 15 is 0 Å². The number of nitrogens with zero attached hydrogens (tertiary/aromatic N) is 1. The van der Waals surface area contributed by atoms with Gasteiger partial charge in [0.2, 0.25) is 5.91 Å². The van der Waals surface area contributed by atoms with Crippen LogP contribution < -0.4 is 5.32 Å². The Kier molecular flexibility index (Phi) is 4.95. The van der Waals surface area contributed by atoms with Crippen molar-refractivity contribution >= 4 is 33.7 Å². The molecule has 1 fully saturated rings. The summed E-state index contributed by atoms with van der Waals surface area (Å²) in [6.07, 6.45) is 1.13. The number of amides is 2. The predicted octanol–water partition coefficient (Wildman–Crippen LogP) is 1.25. The molecular formula is C14H15BrN2O4. The van der Waals surface area contributed by atoms with Crippen molar-refractivity contribution in [2.24, 2.45) is 0 Å². The van der Waals surface area contributed by atoms with Gasteiger partial charge in [0.25, 0.3) is 5.91 Å². The number of carboxylic acid groups (broad SMARTS) is 1. The standard InChI is InChI=1S/C14H15BrN2O4/c15-10-4-1-3-9(7-10)13(19)16-8-12(18)17-6-2-5-11(17)14(20)21/h1,3-4,7,11H,2,5-6,8H2,(H,16,19)(H,20,21). The minimum absolute atomic E-state index is 0.199. The maximum atomic E-state index is 12.0. The Bertz CT molecular complexity index is 576. The third kappa shape index (κ3) is 3.81. The second kappa shape index (κ2) is 6.71. The number of likely N-dealkylation sites (tertiary alicyclic amines) is 1. The molecule has 0 aliphatic carbocycles. The topological polar surface area (TPSA) is 86.7 Å². The van der Waals surface area contributed by atoms with Crippen molar-refractivity contribution in [2.45, 2.75) is 18.9 Å². The van der Waals surface area contributed by atoms with Crippen molar-refractivity contribution in [3.63, 3.8) is 0 Å². The fourth-order valence-corrected chi connectivity index (χ4v) is 2.71. The Labute approximate surface area is 130 Å². The molecule has 7 heteroatoms. The second-order valence-corrected chi connectivity index (χ2v) is 5.69. The van der Waals surface area contributed by atoms with Crippen LogP contribution in [0.5, 0.6) is 0 Å². The number of carboxylic acids is 1. The predicted molar refractivity (Wildman–Crippen MR) is 78.8 cm³/mol. The molecule has 0 bridgehead atoms. The Morgan fingerprint density at radius 2 is 2.14 bits per heavy atom. The minimum Gasteiger partial charge on any atom is -0.480 e. The number of aliphatic carboxylic acids is 1. The van der Waals surface area contributed by atoms with Gasteiger partial charge < -0.3 is 15.3 Å². The van der Waals surface area contributed by atoms with Crippen LogP contribution in [0.3, 0.4) is 0 Å². The van der Waals surface area contributed by atoms with E-state index in [0.29, 0.717) is 24.9 Å². The van der Waals surface area contributed by atoms with Gasteiger partial charge in [0, 0.05) is 16.6 Å².